The molecule has 1 saturated heterocycles. The Bertz CT molecular complexity index is 657. The second-order valence-corrected chi connectivity index (χ2v) is 5.39. The lowest BCUT2D eigenvalue weighted by Gasteiger charge is -2.19. The van der Waals surface area contributed by atoms with Crippen LogP contribution in [0.3, 0.4) is 0 Å². The Hall–Kier alpha value is -2.24. The molecule has 2 heterocycles. The van der Waals surface area contributed by atoms with E-state index in [1.165, 1.54) is 12.8 Å². The molecule has 2 aromatic rings. The highest BCUT2D eigenvalue weighted by molar-refractivity contribution is 5.96. The number of aromatic amines is 1. The molecule has 0 unspecified atom stereocenters. The van der Waals surface area contributed by atoms with Crippen molar-refractivity contribution in [2.45, 2.75) is 25.7 Å². The number of aromatic nitrogens is 1. The zero-order valence-electron chi connectivity index (χ0n) is 12.1. The smallest absolute Gasteiger partial charge is 0.318 e. The Morgan fingerprint density at radius 2 is 1.95 bits per heavy atom. The van der Waals surface area contributed by atoms with Crippen LogP contribution in [0.15, 0.2) is 18.2 Å². The zero-order valence-corrected chi connectivity index (χ0v) is 12.1. The Balaban J connectivity index is 2.11. The summed E-state index contributed by atoms with van der Waals surface area (Å²) in [5, 5.41) is 12.1. The number of ether oxygens (including phenoxy) is 1. The molecule has 0 spiro atoms. The maximum absolute atomic E-state index is 11.5. The normalized spacial score (nSPS) is 16.0. The van der Waals surface area contributed by atoms with Gasteiger partial charge in [0.25, 0.3) is 0 Å². The van der Waals surface area contributed by atoms with E-state index in [4.69, 9.17) is 4.74 Å². The molecule has 3 rings (SSSR count). The number of anilines is 1. The summed E-state index contributed by atoms with van der Waals surface area (Å²) in [6.45, 7) is 1.73. The van der Waals surface area contributed by atoms with Gasteiger partial charge in [-0.3, -0.25) is 10.1 Å². The molecule has 1 aromatic carbocycles. The van der Waals surface area contributed by atoms with Gasteiger partial charge in [0, 0.05) is 19.2 Å². The molecule has 6 nitrogen and oxygen atoms in total. The molecule has 1 fully saturated rings. The van der Waals surface area contributed by atoms with E-state index in [1.54, 1.807) is 19.2 Å². The van der Waals surface area contributed by atoms with Crippen molar-refractivity contribution in [1.29, 1.82) is 0 Å². The highest BCUT2D eigenvalue weighted by atomic mass is 16.6. The molecule has 1 aliphatic rings. The van der Waals surface area contributed by atoms with Crippen molar-refractivity contribution < 1.29 is 9.66 Å². The predicted octanol–water partition coefficient (Wildman–Crippen LogP) is 3.47. The van der Waals surface area contributed by atoms with Crippen LogP contribution < -0.4 is 9.64 Å². The average molecular weight is 289 g/mol. The van der Waals surface area contributed by atoms with Crippen molar-refractivity contribution in [2.75, 3.05) is 25.1 Å². The fourth-order valence-electron chi connectivity index (χ4n) is 2.98. The molecule has 0 bridgehead atoms. The highest BCUT2D eigenvalue weighted by Crippen LogP contribution is 2.38. The van der Waals surface area contributed by atoms with Gasteiger partial charge in [0.2, 0.25) is 0 Å². The summed E-state index contributed by atoms with van der Waals surface area (Å²) in [6.07, 6.45) is 4.54. The van der Waals surface area contributed by atoms with Crippen LogP contribution in [0.1, 0.15) is 25.7 Å². The average Bonchev–Trinajstić information content (AvgIpc) is 2.66. The maximum Gasteiger partial charge on any atom is 0.318 e. The van der Waals surface area contributed by atoms with Crippen molar-refractivity contribution in [3.8, 4) is 5.75 Å². The molecule has 0 amide bonds. The van der Waals surface area contributed by atoms with Crippen LogP contribution in [-0.2, 0) is 0 Å². The van der Waals surface area contributed by atoms with Gasteiger partial charge in [0.1, 0.15) is 5.75 Å². The number of benzene rings is 1. The summed E-state index contributed by atoms with van der Waals surface area (Å²) >= 11 is 0. The first-order chi connectivity index (χ1) is 10.2. The second kappa shape index (κ2) is 5.63. The minimum absolute atomic E-state index is 0.176. The van der Waals surface area contributed by atoms with Crippen molar-refractivity contribution in [3.63, 3.8) is 0 Å². The van der Waals surface area contributed by atoms with Crippen molar-refractivity contribution in [3.05, 3.63) is 28.3 Å². The molecule has 21 heavy (non-hydrogen) atoms. The number of nitro groups is 1. The third-order valence-corrected chi connectivity index (χ3v) is 4.06. The van der Waals surface area contributed by atoms with Gasteiger partial charge in [-0.15, -0.1) is 0 Å². The first-order valence-corrected chi connectivity index (χ1v) is 7.30. The predicted molar refractivity (Wildman–Crippen MR) is 82.2 cm³/mol. The largest absolute Gasteiger partial charge is 0.497 e. The summed E-state index contributed by atoms with van der Waals surface area (Å²) in [7, 11) is 1.59. The summed E-state index contributed by atoms with van der Waals surface area (Å²) in [6, 6.07) is 5.32. The number of fused-ring (bicyclic) bond motifs is 1. The molecule has 6 heteroatoms. The maximum atomic E-state index is 11.5. The minimum atomic E-state index is -0.286. The molecule has 0 radical (unpaired) electrons. The Kier molecular flexibility index (Phi) is 3.68. The van der Waals surface area contributed by atoms with Crippen LogP contribution in [-0.4, -0.2) is 30.1 Å². The number of methoxy groups -OCH3 is 1. The molecular weight excluding hydrogens is 270 g/mol. The SMILES string of the molecule is COc1ccc2c([N+](=O)[O-])c(N3CCCCCC3)[nH]c2c1. The van der Waals surface area contributed by atoms with Crippen LogP contribution in [0.4, 0.5) is 11.5 Å². The van der Waals surface area contributed by atoms with Gasteiger partial charge in [-0.1, -0.05) is 12.8 Å². The number of rotatable bonds is 3. The quantitative estimate of drug-likeness (QED) is 0.693. The van der Waals surface area contributed by atoms with E-state index in [0.717, 1.165) is 31.4 Å². The van der Waals surface area contributed by atoms with Crippen molar-refractivity contribution >= 4 is 22.4 Å². The molecule has 1 N–H and O–H groups in total. The van der Waals surface area contributed by atoms with E-state index in [-0.39, 0.29) is 10.6 Å². The van der Waals surface area contributed by atoms with Gasteiger partial charge in [-0.05, 0) is 25.0 Å². The van der Waals surface area contributed by atoms with Gasteiger partial charge < -0.3 is 14.6 Å². The minimum Gasteiger partial charge on any atom is -0.497 e. The number of H-pyrrole nitrogens is 1. The summed E-state index contributed by atoms with van der Waals surface area (Å²) < 4.78 is 5.19. The fraction of sp³-hybridized carbons (Fsp3) is 0.467. The Morgan fingerprint density at radius 3 is 2.57 bits per heavy atom. The number of nitrogens with zero attached hydrogens (tertiary/aromatic N) is 2. The number of nitrogens with one attached hydrogen (secondary N) is 1. The second-order valence-electron chi connectivity index (χ2n) is 5.39. The third-order valence-electron chi connectivity index (χ3n) is 4.06. The van der Waals surface area contributed by atoms with E-state index in [0.29, 0.717) is 17.0 Å². The first kappa shape index (κ1) is 13.7. The van der Waals surface area contributed by atoms with Crippen LogP contribution >= 0.6 is 0 Å². The van der Waals surface area contributed by atoms with Gasteiger partial charge in [0.15, 0.2) is 5.82 Å². The third kappa shape index (κ3) is 2.53. The molecule has 1 aromatic heterocycles. The van der Waals surface area contributed by atoms with Crippen LogP contribution in [0.2, 0.25) is 0 Å². The van der Waals surface area contributed by atoms with Gasteiger partial charge >= 0.3 is 5.69 Å². The van der Waals surface area contributed by atoms with E-state index in [9.17, 15) is 10.1 Å². The van der Waals surface area contributed by atoms with Crippen LogP contribution in [0.25, 0.3) is 10.9 Å². The van der Waals surface area contributed by atoms with E-state index < -0.39 is 0 Å². The highest BCUT2D eigenvalue weighted by Gasteiger charge is 2.26. The molecule has 0 atom stereocenters. The molecule has 0 saturated carbocycles. The zero-order chi connectivity index (χ0) is 14.8. The van der Waals surface area contributed by atoms with Gasteiger partial charge in [-0.25, -0.2) is 0 Å². The molecule has 0 aliphatic carbocycles. The molecule has 112 valence electrons. The molecular formula is C15H19N3O3. The summed E-state index contributed by atoms with van der Waals surface area (Å²) in [5.74, 6) is 1.33. The van der Waals surface area contributed by atoms with Crippen molar-refractivity contribution in [2.24, 2.45) is 0 Å². The monoisotopic (exact) mass is 289 g/mol. The van der Waals surface area contributed by atoms with Gasteiger partial charge in [-0.2, -0.15) is 0 Å². The lowest BCUT2D eigenvalue weighted by molar-refractivity contribution is -0.382. The van der Waals surface area contributed by atoms with E-state index in [1.807, 2.05) is 6.07 Å². The Labute approximate surface area is 122 Å². The number of hydrogen-bond donors (Lipinski definition) is 1. The lowest BCUT2D eigenvalue weighted by atomic mass is 10.2. The van der Waals surface area contributed by atoms with Gasteiger partial charge in [0.05, 0.1) is 22.9 Å². The number of hydrogen-bond acceptors (Lipinski definition) is 4. The molecule has 1 aliphatic heterocycles. The fourth-order valence-corrected chi connectivity index (χ4v) is 2.98. The standard InChI is InChI=1S/C15H19N3O3/c1-21-11-6-7-12-13(10-11)16-15(14(12)18(19)20)17-8-4-2-3-5-9-17/h6-7,10,16H,2-5,8-9H2,1H3. The Morgan fingerprint density at radius 1 is 1.24 bits per heavy atom. The summed E-state index contributed by atoms with van der Waals surface area (Å²) in [5.41, 5.74) is 0.926. The van der Waals surface area contributed by atoms with Crippen LogP contribution in [0.5, 0.6) is 5.75 Å². The van der Waals surface area contributed by atoms with Crippen LogP contribution in [0, 0.1) is 10.1 Å². The first-order valence-electron chi connectivity index (χ1n) is 7.30. The topological polar surface area (TPSA) is 71.4 Å². The summed E-state index contributed by atoms with van der Waals surface area (Å²) in [4.78, 5) is 16.6. The van der Waals surface area contributed by atoms with E-state index >= 15 is 0 Å². The van der Waals surface area contributed by atoms with Crippen molar-refractivity contribution in [1.82, 2.24) is 4.98 Å². The lowest BCUT2D eigenvalue weighted by Crippen LogP contribution is -2.24. The van der Waals surface area contributed by atoms with E-state index in [2.05, 4.69) is 9.88 Å².